The van der Waals surface area contributed by atoms with Gasteiger partial charge in [0, 0.05) is 6.54 Å². The number of alkyl halides is 3. The van der Waals surface area contributed by atoms with Crippen LogP contribution in [-0.4, -0.2) is 23.5 Å². The molecular formula is C14H14F3NO3. The van der Waals surface area contributed by atoms with Gasteiger partial charge in [-0.25, -0.2) is 0 Å². The molecule has 0 spiro atoms. The standard InChI is InChI=1S/C14H14F3NO3/c15-14(16,17)10-4-2-1-3-9(10)7-11(19)18-8-13(5-6-13)12(20)21/h1-4H,5-8H2,(H,18,19)(H,20,21). The van der Waals surface area contributed by atoms with Crippen molar-refractivity contribution in [3.05, 3.63) is 35.4 Å². The van der Waals surface area contributed by atoms with E-state index in [4.69, 9.17) is 5.11 Å². The summed E-state index contributed by atoms with van der Waals surface area (Å²) < 4.78 is 38.3. The second-order valence-electron chi connectivity index (χ2n) is 5.19. The number of carbonyl (C=O) groups is 2. The van der Waals surface area contributed by atoms with Crippen LogP contribution in [0.25, 0.3) is 0 Å². The summed E-state index contributed by atoms with van der Waals surface area (Å²) in [4.78, 5) is 22.7. The highest BCUT2D eigenvalue weighted by Crippen LogP contribution is 2.45. The number of nitrogens with one attached hydrogen (secondary N) is 1. The molecule has 1 aliphatic carbocycles. The van der Waals surface area contributed by atoms with Gasteiger partial charge in [0.25, 0.3) is 0 Å². The number of carboxylic acid groups (broad SMARTS) is 1. The third kappa shape index (κ3) is 3.53. The van der Waals surface area contributed by atoms with Crippen LogP contribution in [0.1, 0.15) is 24.0 Å². The molecule has 21 heavy (non-hydrogen) atoms. The zero-order valence-electron chi connectivity index (χ0n) is 11.0. The molecule has 2 rings (SSSR count). The van der Waals surface area contributed by atoms with Gasteiger partial charge in [0.05, 0.1) is 17.4 Å². The van der Waals surface area contributed by atoms with E-state index in [1.807, 2.05) is 0 Å². The van der Waals surface area contributed by atoms with E-state index in [1.54, 1.807) is 0 Å². The van der Waals surface area contributed by atoms with E-state index < -0.39 is 35.5 Å². The molecule has 0 aliphatic heterocycles. The second kappa shape index (κ2) is 5.38. The molecule has 2 N–H and O–H groups in total. The van der Waals surface area contributed by atoms with Crippen LogP contribution in [0.4, 0.5) is 13.2 Å². The molecule has 1 aromatic carbocycles. The van der Waals surface area contributed by atoms with E-state index in [9.17, 15) is 22.8 Å². The predicted molar refractivity (Wildman–Crippen MR) is 67.5 cm³/mol. The van der Waals surface area contributed by atoms with Gasteiger partial charge >= 0.3 is 12.1 Å². The highest BCUT2D eigenvalue weighted by molar-refractivity contribution is 5.82. The normalized spacial score (nSPS) is 16.3. The quantitative estimate of drug-likeness (QED) is 0.876. The average molecular weight is 301 g/mol. The van der Waals surface area contributed by atoms with Gasteiger partial charge in [-0.05, 0) is 24.5 Å². The lowest BCUT2D eigenvalue weighted by atomic mass is 10.0. The summed E-state index contributed by atoms with van der Waals surface area (Å²) in [5.41, 5.74) is -1.90. The summed E-state index contributed by atoms with van der Waals surface area (Å²) in [6, 6.07) is 4.85. The van der Waals surface area contributed by atoms with E-state index >= 15 is 0 Å². The van der Waals surface area contributed by atoms with Gasteiger partial charge < -0.3 is 10.4 Å². The van der Waals surface area contributed by atoms with Crippen molar-refractivity contribution in [1.29, 1.82) is 0 Å². The van der Waals surface area contributed by atoms with Gasteiger partial charge in [-0.1, -0.05) is 18.2 Å². The van der Waals surface area contributed by atoms with Crippen LogP contribution in [0.3, 0.4) is 0 Å². The van der Waals surface area contributed by atoms with Gasteiger partial charge in [0.2, 0.25) is 5.91 Å². The molecule has 0 unspecified atom stereocenters. The van der Waals surface area contributed by atoms with Crippen molar-refractivity contribution in [2.45, 2.75) is 25.4 Å². The Balaban J connectivity index is 1.99. The molecule has 0 radical (unpaired) electrons. The third-order valence-corrected chi connectivity index (χ3v) is 3.60. The van der Waals surface area contributed by atoms with Crippen molar-refractivity contribution in [3.8, 4) is 0 Å². The second-order valence-corrected chi connectivity index (χ2v) is 5.19. The van der Waals surface area contributed by atoms with Crippen molar-refractivity contribution >= 4 is 11.9 Å². The number of carboxylic acids is 1. The zero-order chi connectivity index (χ0) is 15.7. The average Bonchev–Trinajstić information content (AvgIpc) is 3.17. The summed E-state index contributed by atoms with van der Waals surface area (Å²) in [6.07, 6.45) is -4.00. The van der Waals surface area contributed by atoms with Crippen LogP contribution in [0.2, 0.25) is 0 Å². The van der Waals surface area contributed by atoms with Gasteiger partial charge in [0.1, 0.15) is 0 Å². The Labute approximate surface area is 119 Å². The largest absolute Gasteiger partial charge is 0.481 e. The Bertz CT molecular complexity index is 565. The smallest absolute Gasteiger partial charge is 0.416 e. The van der Waals surface area contributed by atoms with Crippen LogP contribution in [0.15, 0.2) is 24.3 Å². The number of halogens is 3. The van der Waals surface area contributed by atoms with E-state index in [0.717, 1.165) is 6.07 Å². The minimum Gasteiger partial charge on any atom is -0.481 e. The molecule has 114 valence electrons. The fraction of sp³-hybridized carbons (Fsp3) is 0.429. The first-order chi connectivity index (χ1) is 9.74. The number of hydrogen-bond donors (Lipinski definition) is 2. The first-order valence-corrected chi connectivity index (χ1v) is 6.40. The number of amides is 1. The number of benzene rings is 1. The number of aliphatic carboxylic acids is 1. The highest BCUT2D eigenvalue weighted by atomic mass is 19.4. The van der Waals surface area contributed by atoms with Gasteiger partial charge in [-0.2, -0.15) is 13.2 Å². The van der Waals surface area contributed by atoms with E-state index in [2.05, 4.69) is 5.32 Å². The van der Waals surface area contributed by atoms with Crippen LogP contribution in [-0.2, 0) is 22.2 Å². The van der Waals surface area contributed by atoms with Crippen LogP contribution < -0.4 is 5.32 Å². The van der Waals surface area contributed by atoms with Gasteiger partial charge in [-0.15, -0.1) is 0 Å². The van der Waals surface area contributed by atoms with E-state index in [-0.39, 0.29) is 12.1 Å². The van der Waals surface area contributed by atoms with Crippen molar-refractivity contribution in [2.75, 3.05) is 6.54 Å². The lowest BCUT2D eigenvalue weighted by Gasteiger charge is -2.14. The minimum atomic E-state index is -4.52. The third-order valence-electron chi connectivity index (χ3n) is 3.60. The first-order valence-electron chi connectivity index (χ1n) is 6.40. The molecule has 0 saturated heterocycles. The molecule has 4 nitrogen and oxygen atoms in total. The van der Waals surface area contributed by atoms with Crippen LogP contribution in [0, 0.1) is 5.41 Å². The van der Waals surface area contributed by atoms with Crippen LogP contribution >= 0.6 is 0 Å². The maximum absolute atomic E-state index is 12.8. The van der Waals surface area contributed by atoms with Crippen LogP contribution in [0.5, 0.6) is 0 Å². The number of hydrogen-bond acceptors (Lipinski definition) is 2. The minimum absolute atomic E-state index is 0.0463. The summed E-state index contributed by atoms with van der Waals surface area (Å²) in [5.74, 6) is -1.60. The molecule has 1 amide bonds. The van der Waals surface area contributed by atoms with Gasteiger partial charge in [-0.3, -0.25) is 9.59 Å². The Kier molecular flexibility index (Phi) is 3.93. The SMILES string of the molecule is O=C(Cc1ccccc1C(F)(F)F)NCC1(C(=O)O)CC1. The number of carbonyl (C=O) groups excluding carboxylic acids is 1. The van der Waals surface area contributed by atoms with Crippen molar-refractivity contribution in [3.63, 3.8) is 0 Å². The molecular weight excluding hydrogens is 287 g/mol. The lowest BCUT2D eigenvalue weighted by Crippen LogP contribution is -2.35. The van der Waals surface area contributed by atoms with Crippen molar-refractivity contribution in [1.82, 2.24) is 5.32 Å². The Morgan fingerprint density at radius 2 is 1.86 bits per heavy atom. The fourth-order valence-corrected chi connectivity index (χ4v) is 2.07. The maximum atomic E-state index is 12.8. The molecule has 0 bridgehead atoms. The van der Waals surface area contributed by atoms with E-state index in [1.165, 1.54) is 18.2 Å². The summed E-state index contributed by atoms with van der Waals surface area (Å²) in [6.45, 7) is -0.0463. The summed E-state index contributed by atoms with van der Waals surface area (Å²) >= 11 is 0. The maximum Gasteiger partial charge on any atom is 0.416 e. The first kappa shape index (κ1) is 15.3. The highest BCUT2D eigenvalue weighted by Gasteiger charge is 2.50. The van der Waals surface area contributed by atoms with Crippen molar-refractivity contribution in [2.24, 2.45) is 5.41 Å². The Hall–Kier alpha value is -2.05. The number of rotatable bonds is 5. The molecule has 1 aromatic rings. The molecule has 0 atom stereocenters. The van der Waals surface area contributed by atoms with Crippen molar-refractivity contribution < 1.29 is 27.9 Å². The Morgan fingerprint density at radius 3 is 2.38 bits per heavy atom. The lowest BCUT2D eigenvalue weighted by molar-refractivity contribution is -0.143. The molecule has 0 aromatic heterocycles. The topological polar surface area (TPSA) is 66.4 Å². The summed E-state index contributed by atoms with van der Waals surface area (Å²) in [5, 5.41) is 11.4. The molecule has 7 heteroatoms. The zero-order valence-corrected chi connectivity index (χ0v) is 11.0. The fourth-order valence-electron chi connectivity index (χ4n) is 2.07. The van der Waals surface area contributed by atoms with E-state index in [0.29, 0.717) is 12.8 Å². The predicted octanol–water partition coefficient (Wildman–Crippen LogP) is 2.23. The summed E-state index contributed by atoms with van der Waals surface area (Å²) in [7, 11) is 0. The molecule has 1 aliphatic rings. The van der Waals surface area contributed by atoms with Gasteiger partial charge in [0.15, 0.2) is 0 Å². The molecule has 0 heterocycles. The molecule has 1 fully saturated rings. The molecule has 1 saturated carbocycles. The Morgan fingerprint density at radius 1 is 1.24 bits per heavy atom. The monoisotopic (exact) mass is 301 g/mol.